The lowest BCUT2D eigenvalue weighted by Gasteiger charge is -2.40. The average Bonchev–Trinajstić information content (AvgIpc) is 3.11. The van der Waals surface area contributed by atoms with Gasteiger partial charge in [0.05, 0.1) is 0 Å². The number of aromatic nitrogens is 2. The Kier molecular flexibility index (Phi) is 4.65. The van der Waals surface area contributed by atoms with Gasteiger partial charge in [-0.3, -0.25) is 10.00 Å². The molecular weight excluding hydrogens is 338 g/mol. The highest BCUT2D eigenvalue weighted by Crippen LogP contribution is 2.27. The van der Waals surface area contributed by atoms with Crippen molar-refractivity contribution >= 4 is 17.3 Å². The van der Waals surface area contributed by atoms with E-state index in [0.29, 0.717) is 6.04 Å². The zero-order valence-electron chi connectivity index (χ0n) is 16.5. The van der Waals surface area contributed by atoms with E-state index < -0.39 is 0 Å². The number of fused-ring (bicyclic) bond motifs is 1. The zero-order valence-corrected chi connectivity index (χ0v) is 16.5. The number of nitrogens with one attached hydrogen (secondary N) is 4. The molecule has 1 aromatic carbocycles. The molecule has 27 heavy (non-hydrogen) atoms. The van der Waals surface area contributed by atoms with Crippen LogP contribution in [-0.2, 0) is 5.41 Å². The highest BCUT2D eigenvalue weighted by Gasteiger charge is 2.30. The molecule has 0 amide bonds. The van der Waals surface area contributed by atoms with Crippen molar-refractivity contribution in [2.45, 2.75) is 45.4 Å². The van der Waals surface area contributed by atoms with Gasteiger partial charge in [-0.15, -0.1) is 0 Å². The van der Waals surface area contributed by atoms with Crippen molar-refractivity contribution in [2.75, 3.05) is 30.3 Å². The van der Waals surface area contributed by atoms with Gasteiger partial charge in [0.15, 0.2) is 12.1 Å². The molecule has 0 radical (unpaired) electrons. The number of amidine groups is 1. The molecule has 2 aliphatic rings. The minimum absolute atomic E-state index is 0.0273. The molecule has 7 heteroatoms. The van der Waals surface area contributed by atoms with Crippen LogP contribution in [-0.4, -0.2) is 52.9 Å². The maximum Gasteiger partial charge on any atom is 0.179 e. The maximum atomic E-state index is 5.00. The molecule has 1 fully saturated rings. The number of hydrogen-bond donors (Lipinski definition) is 4. The summed E-state index contributed by atoms with van der Waals surface area (Å²) >= 11 is 0. The van der Waals surface area contributed by atoms with E-state index in [1.165, 1.54) is 0 Å². The quantitative estimate of drug-likeness (QED) is 0.656. The smallest absolute Gasteiger partial charge is 0.179 e. The highest BCUT2D eigenvalue weighted by molar-refractivity contribution is 6.12. The van der Waals surface area contributed by atoms with Crippen molar-refractivity contribution in [3.8, 4) is 0 Å². The van der Waals surface area contributed by atoms with Crippen LogP contribution in [0, 0.1) is 0 Å². The Morgan fingerprint density at radius 3 is 2.78 bits per heavy atom. The number of benzene rings is 1. The Morgan fingerprint density at radius 1 is 1.22 bits per heavy atom. The molecule has 2 aromatic rings. The third kappa shape index (κ3) is 3.70. The number of aliphatic imine (C=N–C) groups is 1. The van der Waals surface area contributed by atoms with Crippen LogP contribution in [0.25, 0.3) is 0 Å². The summed E-state index contributed by atoms with van der Waals surface area (Å²) in [6.45, 7) is 11.7. The first-order chi connectivity index (χ1) is 12.9. The second-order valence-corrected chi connectivity index (χ2v) is 8.37. The number of hydrogen-bond acceptors (Lipinski definition) is 6. The van der Waals surface area contributed by atoms with E-state index in [-0.39, 0.29) is 11.7 Å². The van der Waals surface area contributed by atoms with Crippen LogP contribution >= 0.6 is 0 Å². The number of rotatable bonds is 2. The van der Waals surface area contributed by atoms with Crippen molar-refractivity contribution in [2.24, 2.45) is 4.99 Å². The first-order valence-electron chi connectivity index (χ1n) is 9.65. The van der Waals surface area contributed by atoms with E-state index in [1.807, 2.05) is 6.07 Å². The monoisotopic (exact) mass is 367 g/mol. The predicted molar refractivity (Wildman–Crippen MR) is 110 cm³/mol. The van der Waals surface area contributed by atoms with E-state index in [9.17, 15) is 0 Å². The first kappa shape index (κ1) is 18.0. The highest BCUT2D eigenvalue weighted by atomic mass is 15.4. The molecule has 144 valence electrons. The molecule has 1 saturated heterocycles. The lowest BCUT2D eigenvalue weighted by atomic mass is 9.92. The first-order valence-corrected chi connectivity index (χ1v) is 9.65. The molecular formula is C20H29N7. The molecule has 0 spiro atoms. The number of piperazine rings is 1. The van der Waals surface area contributed by atoms with E-state index in [2.05, 4.69) is 83.0 Å². The molecule has 3 heterocycles. The minimum Gasteiger partial charge on any atom is -0.351 e. The number of nitrogens with zero attached hydrogens (tertiary/aromatic N) is 3. The van der Waals surface area contributed by atoms with Gasteiger partial charge in [-0.2, -0.15) is 5.10 Å². The van der Waals surface area contributed by atoms with Gasteiger partial charge in [0, 0.05) is 54.1 Å². The van der Waals surface area contributed by atoms with Crippen molar-refractivity contribution < 1.29 is 0 Å². The summed E-state index contributed by atoms with van der Waals surface area (Å²) in [5, 5.41) is 18.0. The summed E-state index contributed by atoms with van der Waals surface area (Å²) in [4.78, 5) is 7.40. The lowest BCUT2D eigenvalue weighted by molar-refractivity contribution is 0.134. The van der Waals surface area contributed by atoms with Crippen LogP contribution in [0.15, 0.2) is 35.3 Å². The second-order valence-electron chi connectivity index (χ2n) is 8.37. The Labute approximate surface area is 160 Å². The standard InChI is InChI=1S/C20H29N7/c1-13-12-21-9-10-27(13)19-22-15-8-6-5-7-14(15)18(24-19)23-17-11-16(25-26-17)20(2,3)4/h5-8,11,13,19,21-22H,9-10,12H2,1-4H3,(H2,23,24,25,26)/t13-,19?/m0/s1. The molecule has 1 aromatic heterocycles. The Morgan fingerprint density at radius 2 is 2.04 bits per heavy atom. The van der Waals surface area contributed by atoms with Gasteiger partial charge in [0.25, 0.3) is 0 Å². The maximum absolute atomic E-state index is 5.00. The van der Waals surface area contributed by atoms with Crippen LogP contribution in [0.2, 0.25) is 0 Å². The van der Waals surface area contributed by atoms with E-state index in [0.717, 1.165) is 48.2 Å². The third-order valence-electron chi connectivity index (χ3n) is 5.22. The average molecular weight is 368 g/mol. The number of H-pyrrole nitrogens is 1. The molecule has 4 N–H and O–H groups in total. The number of anilines is 2. The molecule has 4 rings (SSSR count). The van der Waals surface area contributed by atoms with E-state index in [1.54, 1.807) is 0 Å². The third-order valence-corrected chi connectivity index (χ3v) is 5.22. The Balaban J connectivity index is 1.64. The van der Waals surface area contributed by atoms with Gasteiger partial charge in [-0.05, 0) is 19.1 Å². The Hall–Kier alpha value is -2.38. The van der Waals surface area contributed by atoms with Crippen LogP contribution in [0.1, 0.15) is 39.0 Å². The van der Waals surface area contributed by atoms with Gasteiger partial charge in [-0.1, -0.05) is 32.9 Å². The normalized spacial score (nSPS) is 23.3. The molecule has 2 atom stereocenters. The summed E-state index contributed by atoms with van der Waals surface area (Å²) in [7, 11) is 0. The fraction of sp³-hybridized carbons (Fsp3) is 0.500. The second kappa shape index (κ2) is 6.98. The van der Waals surface area contributed by atoms with Crippen molar-refractivity contribution in [3.63, 3.8) is 0 Å². The summed E-state index contributed by atoms with van der Waals surface area (Å²) < 4.78 is 0. The molecule has 0 aliphatic carbocycles. The zero-order chi connectivity index (χ0) is 19.0. The Bertz CT molecular complexity index is 833. The van der Waals surface area contributed by atoms with Gasteiger partial charge in [-0.25, -0.2) is 4.99 Å². The fourth-order valence-electron chi connectivity index (χ4n) is 3.55. The van der Waals surface area contributed by atoms with Gasteiger partial charge >= 0.3 is 0 Å². The summed E-state index contributed by atoms with van der Waals surface area (Å²) in [5.41, 5.74) is 3.29. The van der Waals surface area contributed by atoms with Crippen molar-refractivity contribution in [3.05, 3.63) is 41.6 Å². The molecule has 2 aliphatic heterocycles. The largest absolute Gasteiger partial charge is 0.351 e. The van der Waals surface area contributed by atoms with Crippen LogP contribution < -0.4 is 16.0 Å². The topological polar surface area (TPSA) is 80.4 Å². The van der Waals surface area contributed by atoms with E-state index >= 15 is 0 Å². The number of para-hydroxylation sites is 1. The van der Waals surface area contributed by atoms with Crippen LogP contribution in [0.3, 0.4) is 0 Å². The molecule has 1 unspecified atom stereocenters. The van der Waals surface area contributed by atoms with Crippen molar-refractivity contribution in [1.29, 1.82) is 0 Å². The van der Waals surface area contributed by atoms with Gasteiger partial charge in [0.1, 0.15) is 5.84 Å². The molecule has 0 bridgehead atoms. The van der Waals surface area contributed by atoms with Gasteiger partial charge < -0.3 is 16.0 Å². The number of aromatic amines is 1. The minimum atomic E-state index is -0.0828. The SMILES string of the molecule is C[C@H]1CNCCN1C1N=C(Nc2cc(C(C)(C)C)[nH]n2)c2ccccc2N1. The molecule has 0 saturated carbocycles. The van der Waals surface area contributed by atoms with Gasteiger partial charge in [0.2, 0.25) is 0 Å². The summed E-state index contributed by atoms with van der Waals surface area (Å²) in [6.07, 6.45) is -0.0828. The lowest BCUT2D eigenvalue weighted by Crippen LogP contribution is -2.56. The summed E-state index contributed by atoms with van der Waals surface area (Å²) in [5.74, 6) is 1.65. The van der Waals surface area contributed by atoms with Crippen LogP contribution in [0.4, 0.5) is 11.5 Å². The molecule has 7 nitrogen and oxygen atoms in total. The van der Waals surface area contributed by atoms with E-state index in [4.69, 9.17) is 4.99 Å². The summed E-state index contributed by atoms with van der Waals surface area (Å²) in [6, 6.07) is 10.8. The van der Waals surface area contributed by atoms with Crippen LogP contribution in [0.5, 0.6) is 0 Å². The fourth-order valence-corrected chi connectivity index (χ4v) is 3.55. The predicted octanol–water partition coefficient (Wildman–Crippen LogP) is 2.57. The van der Waals surface area contributed by atoms with Crippen molar-refractivity contribution in [1.82, 2.24) is 20.4 Å².